The second-order valence-corrected chi connectivity index (χ2v) is 3.81. The Balaban J connectivity index is 2.33. The molecule has 0 saturated heterocycles. The Morgan fingerprint density at radius 2 is 2.22 bits per heavy atom. The highest BCUT2D eigenvalue weighted by Gasteiger charge is 2.13. The molecule has 0 aromatic carbocycles. The lowest BCUT2D eigenvalue weighted by Crippen LogP contribution is -2.34. The third kappa shape index (κ3) is 4.76. The summed E-state index contributed by atoms with van der Waals surface area (Å²) in [7, 11) is 1.58. The van der Waals surface area contributed by atoms with Crippen molar-refractivity contribution in [3.63, 3.8) is 0 Å². The first-order valence-corrected chi connectivity index (χ1v) is 5.52. The smallest absolute Gasteiger partial charge is 0.321 e. The zero-order chi connectivity index (χ0) is 13.5. The third-order valence-electron chi connectivity index (χ3n) is 2.33. The van der Waals surface area contributed by atoms with Gasteiger partial charge in [-0.15, -0.1) is 5.10 Å². The lowest BCUT2D eigenvalue weighted by molar-refractivity contribution is -0.138. The summed E-state index contributed by atoms with van der Waals surface area (Å²) in [6.07, 6.45) is 0.705. The predicted molar refractivity (Wildman–Crippen MR) is 61.9 cm³/mol. The summed E-state index contributed by atoms with van der Waals surface area (Å²) < 4.78 is 0. The number of urea groups is 1. The Morgan fingerprint density at radius 1 is 1.50 bits per heavy atom. The first-order valence-electron chi connectivity index (χ1n) is 5.52. The van der Waals surface area contributed by atoms with Crippen LogP contribution >= 0.6 is 0 Å². The van der Waals surface area contributed by atoms with Crippen LogP contribution in [0.3, 0.4) is 0 Å². The number of anilines is 1. The van der Waals surface area contributed by atoms with Crippen molar-refractivity contribution in [2.45, 2.75) is 19.8 Å². The Kier molecular flexibility index (Phi) is 5.03. The normalized spacial score (nSPS) is 11.9. The van der Waals surface area contributed by atoms with Crippen molar-refractivity contribution in [1.82, 2.24) is 25.5 Å². The lowest BCUT2D eigenvalue weighted by atomic mass is 10.0. The highest BCUT2D eigenvalue weighted by Crippen LogP contribution is 2.06. The van der Waals surface area contributed by atoms with Crippen LogP contribution in [-0.2, 0) is 11.8 Å². The maximum atomic E-state index is 11.4. The van der Waals surface area contributed by atoms with Crippen molar-refractivity contribution < 1.29 is 14.7 Å². The number of aromatic nitrogens is 4. The maximum absolute atomic E-state index is 11.4. The third-order valence-corrected chi connectivity index (χ3v) is 2.33. The first-order chi connectivity index (χ1) is 8.51. The molecule has 0 radical (unpaired) electrons. The van der Waals surface area contributed by atoms with Gasteiger partial charge >= 0.3 is 12.0 Å². The van der Waals surface area contributed by atoms with Crippen molar-refractivity contribution in [2.75, 3.05) is 11.9 Å². The van der Waals surface area contributed by atoms with E-state index in [2.05, 4.69) is 26.0 Å². The summed E-state index contributed by atoms with van der Waals surface area (Å²) >= 11 is 0. The van der Waals surface area contributed by atoms with Crippen molar-refractivity contribution in [1.29, 1.82) is 0 Å². The highest BCUT2D eigenvalue weighted by molar-refractivity contribution is 5.87. The van der Waals surface area contributed by atoms with Gasteiger partial charge in [0.15, 0.2) is 0 Å². The second-order valence-electron chi connectivity index (χ2n) is 3.81. The molecule has 1 rings (SSSR count). The zero-order valence-corrected chi connectivity index (χ0v) is 10.3. The molecular formula is C9H16N6O3. The number of carboxylic acid groups (broad SMARTS) is 1. The summed E-state index contributed by atoms with van der Waals surface area (Å²) in [6.45, 7) is 2.16. The number of aryl methyl sites for hydroxylation is 1. The number of aliphatic carboxylic acids is 1. The largest absolute Gasteiger partial charge is 0.481 e. The number of carbonyl (C=O) groups excluding carboxylic acids is 1. The maximum Gasteiger partial charge on any atom is 0.321 e. The van der Waals surface area contributed by atoms with Gasteiger partial charge < -0.3 is 10.4 Å². The van der Waals surface area contributed by atoms with E-state index in [9.17, 15) is 9.59 Å². The van der Waals surface area contributed by atoms with Crippen LogP contribution in [0.4, 0.5) is 10.7 Å². The van der Waals surface area contributed by atoms with Crippen molar-refractivity contribution in [3.8, 4) is 0 Å². The molecule has 0 aliphatic heterocycles. The molecule has 9 nitrogen and oxygen atoms in total. The van der Waals surface area contributed by atoms with Crippen molar-refractivity contribution in [3.05, 3.63) is 0 Å². The summed E-state index contributed by atoms with van der Waals surface area (Å²) in [4.78, 5) is 23.2. The molecule has 9 heteroatoms. The van der Waals surface area contributed by atoms with Gasteiger partial charge in [-0.25, -0.2) is 4.79 Å². The average molecular weight is 256 g/mol. The molecule has 1 heterocycles. The molecule has 2 amide bonds. The van der Waals surface area contributed by atoms with Gasteiger partial charge in [0.05, 0.1) is 7.05 Å². The Bertz CT molecular complexity index is 418. The highest BCUT2D eigenvalue weighted by atomic mass is 16.4. The van der Waals surface area contributed by atoms with Gasteiger partial charge in [0.25, 0.3) is 5.95 Å². The Labute approximate surface area is 104 Å². The van der Waals surface area contributed by atoms with E-state index in [1.165, 1.54) is 4.80 Å². The zero-order valence-electron chi connectivity index (χ0n) is 10.3. The van der Waals surface area contributed by atoms with Crippen LogP contribution < -0.4 is 10.6 Å². The Morgan fingerprint density at radius 3 is 2.72 bits per heavy atom. The Hall–Kier alpha value is -2.19. The van der Waals surface area contributed by atoms with E-state index in [1.807, 2.05) is 6.92 Å². The van der Waals surface area contributed by atoms with E-state index in [0.29, 0.717) is 6.42 Å². The minimum absolute atomic E-state index is 0.0279. The molecule has 100 valence electrons. The van der Waals surface area contributed by atoms with Gasteiger partial charge in [0.1, 0.15) is 0 Å². The molecule has 0 aliphatic rings. The SMILES string of the molecule is CCC(CNC(=O)Nc1nnn(C)n1)CC(=O)O. The number of amides is 2. The van der Waals surface area contributed by atoms with Crippen LogP contribution in [0, 0.1) is 5.92 Å². The summed E-state index contributed by atoms with van der Waals surface area (Å²) in [5, 5.41) is 24.5. The predicted octanol–water partition coefficient (Wildman–Crippen LogP) is -0.167. The molecule has 0 bridgehead atoms. The van der Waals surface area contributed by atoms with Crippen LogP contribution in [0.25, 0.3) is 0 Å². The number of hydrogen-bond acceptors (Lipinski definition) is 5. The molecule has 1 atom stereocenters. The van der Waals surface area contributed by atoms with Gasteiger partial charge in [-0.05, 0) is 11.1 Å². The molecule has 3 N–H and O–H groups in total. The molecular weight excluding hydrogens is 240 g/mol. The molecule has 1 aromatic heterocycles. The van der Waals surface area contributed by atoms with Gasteiger partial charge in [-0.1, -0.05) is 18.4 Å². The number of carbonyl (C=O) groups is 2. The van der Waals surface area contributed by atoms with Crippen LogP contribution in [0.15, 0.2) is 0 Å². The van der Waals surface area contributed by atoms with Crippen LogP contribution in [0.5, 0.6) is 0 Å². The molecule has 0 saturated carbocycles. The van der Waals surface area contributed by atoms with Crippen molar-refractivity contribution in [2.24, 2.45) is 13.0 Å². The van der Waals surface area contributed by atoms with Crippen LogP contribution in [0.1, 0.15) is 19.8 Å². The molecule has 1 unspecified atom stereocenters. The lowest BCUT2D eigenvalue weighted by Gasteiger charge is -2.12. The van der Waals surface area contributed by atoms with Crippen molar-refractivity contribution >= 4 is 17.9 Å². The van der Waals surface area contributed by atoms with Gasteiger partial charge in [0, 0.05) is 13.0 Å². The summed E-state index contributed by atoms with van der Waals surface area (Å²) in [6, 6.07) is -0.480. The molecule has 18 heavy (non-hydrogen) atoms. The van der Waals surface area contributed by atoms with E-state index in [1.54, 1.807) is 7.05 Å². The topological polar surface area (TPSA) is 122 Å². The summed E-state index contributed by atoms with van der Waals surface area (Å²) in [5.41, 5.74) is 0. The van der Waals surface area contributed by atoms with Crippen LogP contribution in [0.2, 0.25) is 0 Å². The molecule has 0 fully saturated rings. The average Bonchev–Trinajstić information content (AvgIpc) is 2.69. The minimum Gasteiger partial charge on any atom is -0.481 e. The van der Waals surface area contributed by atoms with E-state index in [4.69, 9.17) is 5.11 Å². The number of tetrazole rings is 1. The number of nitrogens with zero attached hydrogens (tertiary/aromatic N) is 4. The van der Waals surface area contributed by atoms with E-state index in [-0.39, 0.29) is 24.8 Å². The van der Waals surface area contributed by atoms with Crippen LogP contribution in [-0.4, -0.2) is 43.9 Å². The van der Waals surface area contributed by atoms with E-state index >= 15 is 0 Å². The van der Waals surface area contributed by atoms with Gasteiger partial charge in [0.2, 0.25) is 0 Å². The molecule has 0 aliphatic carbocycles. The van der Waals surface area contributed by atoms with Gasteiger partial charge in [-0.2, -0.15) is 4.80 Å². The fourth-order valence-electron chi connectivity index (χ4n) is 1.32. The van der Waals surface area contributed by atoms with Gasteiger partial charge in [-0.3, -0.25) is 10.1 Å². The second kappa shape index (κ2) is 6.52. The number of hydrogen-bond donors (Lipinski definition) is 3. The molecule has 0 spiro atoms. The fourth-order valence-corrected chi connectivity index (χ4v) is 1.32. The standard InChI is InChI=1S/C9H16N6O3/c1-3-6(4-7(16)17)5-10-9(18)11-8-12-14-15(2)13-8/h6H,3-5H2,1-2H3,(H,16,17)(H2,10,11,13,18). The monoisotopic (exact) mass is 256 g/mol. The van der Waals surface area contributed by atoms with E-state index in [0.717, 1.165) is 0 Å². The molecule has 1 aromatic rings. The quantitative estimate of drug-likeness (QED) is 0.649. The van der Waals surface area contributed by atoms with E-state index < -0.39 is 12.0 Å². The number of nitrogens with one attached hydrogen (secondary N) is 2. The summed E-state index contributed by atoms with van der Waals surface area (Å²) in [5.74, 6) is -0.871. The number of rotatable bonds is 6. The fraction of sp³-hybridized carbons (Fsp3) is 0.667. The minimum atomic E-state index is -0.875. The first kappa shape index (κ1) is 13.9. The number of carboxylic acids is 1.